The molecule has 0 saturated heterocycles. The molecule has 0 aliphatic carbocycles. The number of nitrogens with zero attached hydrogens (tertiary/aromatic N) is 2. The zero-order valence-corrected chi connectivity index (χ0v) is 18.6. The van der Waals surface area contributed by atoms with Crippen molar-refractivity contribution in [3.05, 3.63) is 93.4 Å². The third-order valence-electron chi connectivity index (χ3n) is 5.99. The molecular formula is C26H21F2N3O3. The van der Waals surface area contributed by atoms with Crippen LogP contribution in [0.5, 0.6) is 5.75 Å². The third-order valence-corrected chi connectivity index (χ3v) is 5.99. The average molecular weight is 461 g/mol. The average Bonchev–Trinajstić information content (AvgIpc) is 3.24. The molecule has 2 heterocycles. The number of rotatable bonds is 4. The Balaban J connectivity index is 1.37. The molecule has 3 aromatic carbocycles. The van der Waals surface area contributed by atoms with Crippen molar-refractivity contribution in [3.8, 4) is 16.9 Å². The monoisotopic (exact) mass is 461 g/mol. The van der Waals surface area contributed by atoms with Crippen LogP contribution in [0, 0.1) is 18.6 Å². The number of hydrogen-bond acceptors (Lipinski definition) is 4. The molecule has 1 atom stereocenters. The van der Waals surface area contributed by atoms with E-state index in [0.717, 1.165) is 4.68 Å². The van der Waals surface area contributed by atoms with Gasteiger partial charge >= 0.3 is 0 Å². The lowest BCUT2D eigenvalue weighted by Crippen LogP contribution is -2.36. The standard InChI is InChI=1S/C26H21F2N3O3/c1-14-9-15(7-8-22(14)28)21-12-17(27)10-16-11-18(34-24(16)21)13-29-25(32)23-19-5-3-4-6-20(19)26(33)31(2)30-23/h3-10,12,18H,11,13H2,1-2H3,(H,29,32)/t18-/m1/s1. The SMILES string of the molecule is Cc1cc(-c2cc(F)cc3c2O[C@@H](CNC(=O)c2nn(C)c(=O)c4ccccc24)C3)ccc1F. The number of nitrogens with one attached hydrogen (secondary N) is 1. The summed E-state index contributed by atoms with van der Waals surface area (Å²) in [4.78, 5) is 25.2. The number of hydrogen-bond donors (Lipinski definition) is 1. The molecule has 0 radical (unpaired) electrons. The van der Waals surface area contributed by atoms with Crippen LogP contribution in [0.2, 0.25) is 0 Å². The molecule has 34 heavy (non-hydrogen) atoms. The molecule has 1 aliphatic rings. The Labute approximate surface area is 193 Å². The smallest absolute Gasteiger partial charge is 0.274 e. The number of fused-ring (bicyclic) bond motifs is 2. The molecule has 0 unspecified atom stereocenters. The van der Waals surface area contributed by atoms with Crippen LogP contribution in [0.15, 0.2) is 59.4 Å². The number of halogens is 2. The van der Waals surface area contributed by atoms with Gasteiger partial charge in [0.1, 0.15) is 23.5 Å². The number of ether oxygens (including phenoxy) is 1. The number of carbonyl (C=O) groups is 1. The molecule has 1 aromatic heterocycles. The lowest BCUT2D eigenvalue weighted by atomic mass is 9.99. The van der Waals surface area contributed by atoms with Gasteiger partial charge in [0.25, 0.3) is 11.5 Å². The fourth-order valence-electron chi connectivity index (χ4n) is 4.29. The summed E-state index contributed by atoms with van der Waals surface area (Å²) in [5.41, 5.74) is 2.18. The second kappa shape index (κ2) is 8.37. The largest absolute Gasteiger partial charge is 0.487 e. The molecule has 0 bridgehead atoms. The van der Waals surface area contributed by atoms with E-state index in [1.165, 1.54) is 25.2 Å². The van der Waals surface area contributed by atoms with E-state index in [-0.39, 0.29) is 23.6 Å². The Kier molecular flexibility index (Phi) is 5.36. The van der Waals surface area contributed by atoms with Crippen molar-refractivity contribution in [2.45, 2.75) is 19.4 Å². The van der Waals surface area contributed by atoms with E-state index in [9.17, 15) is 18.4 Å². The van der Waals surface area contributed by atoms with Crippen LogP contribution in [0.25, 0.3) is 21.9 Å². The Morgan fingerprint density at radius 1 is 1.15 bits per heavy atom. The Morgan fingerprint density at radius 2 is 1.91 bits per heavy atom. The van der Waals surface area contributed by atoms with E-state index < -0.39 is 17.8 Å². The lowest BCUT2D eigenvalue weighted by molar-refractivity contribution is 0.0928. The van der Waals surface area contributed by atoms with Gasteiger partial charge in [0.05, 0.1) is 11.9 Å². The van der Waals surface area contributed by atoms with Gasteiger partial charge in [0.2, 0.25) is 0 Å². The molecule has 5 rings (SSSR count). The van der Waals surface area contributed by atoms with E-state index in [1.807, 2.05) is 0 Å². The molecule has 172 valence electrons. The van der Waals surface area contributed by atoms with Gasteiger partial charge in [-0.1, -0.05) is 24.3 Å². The number of aryl methyl sites for hydroxylation is 2. The molecule has 6 nitrogen and oxygen atoms in total. The summed E-state index contributed by atoms with van der Waals surface area (Å²) in [5, 5.41) is 7.83. The zero-order valence-electron chi connectivity index (χ0n) is 18.6. The van der Waals surface area contributed by atoms with Crippen LogP contribution < -0.4 is 15.6 Å². The Bertz CT molecular complexity index is 1510. The second-order valence-corrected chi connectivity index (χ2v) is 8.38. The zero-order chi connectivity index (χ0) is 24.0. The minimum Gasteiger partial charge on any atom is -0.487 e. The van der Waals surface area contributed by atoms with Crippen molar-refractivity contribution in [1.29, 1.82) is 0 Å². The van der Waals surface area contributed by atoms with E-state index in [4.69, 9.17) is 4.74 Å². The van der Waals surface area contributed by atoms with Crippen molar-refractivity contribution in [1.82, 2.24) is 15.1 Å². The number of carbonyl (C=O) groups excluding carboxylic acids is 1. The van der Waals surface area contributed by atoms with Crippen molar-refractivity contribution in [3.63, 3.8) is 0 Å². The highest BCUT2D eigenvalue weighted by atomic mass is 19.1. The fraction of sp³-hybridized carbons (Fsp3) is 0.192. The van der Waals surface area contributed by atoms with Crippen LogP contribution in [-0.4, -0.2) is 28.3 Å². The number of amides is 1. The van der Waals surface area contributed by atoms with Crippen molar-refractivity contribution >= 4 is 16.7 Å². The van der Waals surface area contributed by atoms with E-state index in [1.54, 1.807) is 43.3 Å². The maximum atomic E-state index is 14.3. The molecular weight excluding hydrogens is 440 g/mol. The second-order valence-electron chi connectivity index (χ2n) is 8.38. The van der Waals surface area contributed by atoms with Gasteiger partial charge in [-0.25, -0.2) is 13.5 Å². The van der Waals surface area contributed by atoms with Crippen molar-refractivity contribution < 1.29 is 18.3 Å². The van der Waals surface area contributed by atoms with E-state index in [2.05, 4.69) is 10.4 Å². The van der Waals surface area contributed by atoms with Gasteiger partial charge in [-0.15, -0.1) is 0 Å². The van der Waals surface area contributed by atoms with Crippen LogP contribution in [0.4, 0.5) is 8.78 Å². The Morgan fingerprint density at radius 3 is 2.68 bits per heavy atom. The third kappa shape index (κ3) is 3.81. The molecule has 0 spiro atoms. The van der Waals surface area contributed by atoms with Crippen LogP contribution in [-0.2, 0) is 13.5 Å². The molecule has 1 amide bonds. The van der Waals surface area contributed by atoms with Gasteiger partial charge in [-0.05, 0) is 48.4 Å². The summed E-state index contributed by atoms with van der Waals surface area (Å²) in [5.74, 6) is -0.660. The molecule has 8 heteroatoms. The van der Waals surface area contributed by atoms with Gasteiger partial charge in [-0.2, -0.15) is 5.10 Å². The van der Waals surface area contributed by atoms with Crippen molar-refractivity contribution in [2.24, 2.45) is 7.05 Å². The quantitative estimate of drug-likeness (QED) is 0.500. The first kappa shape index (κ1) is 21.8. The Hall–Kier alpha value is -4.07. The lowest BCUT2D eigenvalue weighted by Gasteiger charge is -2.14. The predicted molar refractivity (Wildman–Crippen MR) is 124 cm³/mol. The highest BCUT2D eigenvalue weighted by Crippen LogP contribution is 2.40. The van der Waals surface area contributed by atoms with Gasteiger partial charge in [0, 0.05) is 30.0 Å². The van der Waals surface area contributed by atoms with E-state index >= 15 is 0 Å². The maximum Gasteiger partial charge on any atom is 0.274 e. The highest BCUT2D eigenvalue weighted by Gasteiger charge is 2.28. The first-order valence-corrected chi connectivity index (χ1v) is 10.8. The molecule has 1 N–H and O–H groups in total. The van der Waals surface area contributed by atoms with Crippen LogP contribution >= 0.6 is 0 Å². The summed E-state index contributed by atoms with van der Waals surface area (Å²) in [6, 6.07) is 14.2. The van der Waals surface area contributed by atoms with Gasteiger partial charge in [-0.3, -0.25) is 9.59 Å². The predicted octanol–water partition coefficient (Wildman–Crippen LogP) is 3.92. The minimum atomic E-state index is -0.438. The number of aromatic nitrogens is 2. The first-order chi connectivity index (χ1) is 16.3. The summed E-state index contributed by atoms with van der Waals surface area (Å²) >= 11 is 0. The van der Waals surface area contributed by atoms with E-state index in [0.29, 0.717) is 45.2 Å². The first-order valence-electron chi connectivity index (χ1n) is 10.8. The molecule has 4 aromatic rings. The van der Waals surface area contributed by atoms with Crippen LogP contribution in [0.1, 0.15) is 21.6 Å². The fourth-order valence-corrected chi connectivity index (χ4v) is 4.29. The summed E-state index contributed by atoms with van der Waals surface area (Å²) < 4.78 is 35.3. The van der Waals surface area contributed by atoms with Gasteiger partial charge in [0.15, 0.2) is 5.69 Å². The molecule has 0 saturated carbocycles. The summed E-state index contributed by atoms with van der Waals surface area (Å²) in [7, 11) is 1.50. The summed E-state index contributed by atoms with van der Waals surface area (Å²) in [6.07, 6.45) is -0.0120. The van der Waals surface area contributed by atoms with Crippen molar-refractivity contribution in [2.75, 3.05) is 6.54 Å². The highest BCUT2D eigenvalue weighted by molar-refractivity contribution is 6.04. The number of benzene rings is 3. The maximum absolute atomic E-state index is 14.3. The minimum absolute atomic E-state index is 0.140. The molecule has 1 aliphatic heterocycles. The van der Waals surface area contributed by atoms with Crippen LogP contribution in [0.3, 0.4) is 0 Å². The summed E-state index contributed by atoms with van der Waals surface area (Å²) in [6.45, 7) is 1.81. The normalized spacial score (nSPS) is 14.6. The van der Waals surface area contributed by atoms with Gasteiger partial charge < -0.3 is 10.1 Å². The topological polar surface area (TPSA) is 73.2 Å². The molecule has 0 fully saturated rings.